The first kappa shape index (κ1) is 10.4. The molecule has 0 atom stereocenters. The Morgan fingerprint density at radius 2 is 2.27 bits per heavy atom. The monoisotopic (exact) mass is 237 g/mol. The Hall–Kier alpha value is -0.610. The number of halogens is 2. The van der Waals surface area contributed by atoms with Gasteiger partial charge in [-0.2, -0.15) is 0 Å². The van der Waals surface area contributed by atoms with Gasteiger partial charge >= 0.3 is 0 Å². The second-order valence-electron chi connectivity index (χ2n) is 1.65. The molecule has 0 saturated carbocycles. The van der Waals surface area contributed by atoms with Gasteiger partial charge in [-0.3, -0.25) is 4.79 Å². The number of pyridine rings is 1. The minimum absolute atomic E-state index is 0. The maximum Gasteiger partial charge on any atom is 0.156 e. The van der Waals surface area contributed by atoms with Crippen molar-refractivity contribution >= 4 is 34.9 Å². The van der Waals surface area contributed by atoms with Crippen LogP contribution in [0, 0.1) is 0 Å². The lowest BCUT2D eigenvalue weighted by molar-refractivity contribution is 0.112. The molecule has 0 bridgehead atoms. The van der Waals surface area contributed by atoms with Crippen LogP contribution in [0.1, 0.15) is 10.4 Å². The van der Waals surface area contributed by atoms with Gasteiger partial charge in [0.05, 0.1) is 5.56 Å². The number of carbonyl (C=O) groups excluding carboxylic acids is 1. The number of aromatic hydroxyl groups is 1. The molecule has 0 aliphatic rings. The van der Waals surface area contributed by atoms with E-state index in [0.717, 1.165) is 0 Å². The van der Waals surface area contributed by atoms with E-state index < -0.39 is 0 Å². The summed E-state index contributed by atoms with van der Waals surface area (Å²) < 4.78 is 0. The molecule has 5 heteroatoms. The number of aldehydes is 1. The molecule has 0 aromatic carbocycles. The predicted molar refractivity (Wildman–Crippen MR) is 46.6 cm³/mol. The maximum atomic E-state index is 10.2. The Kier molecular flexibility index (Phi) is 4.07. The Bertz CT molecular complexity index is 247. The summed E-state index contributed by atoms with van der Waals surface area (Å²) in [4.78, 5) is 13.7. The first-order valence-corrected chi connectivity index (χ1v) is 2.92. The SMILES string of the molecule is Br.O=Cc1c(O)ccnc1Cl. The van der Waals surface area contributed by atoms with E-state index in [1.165, 1.54) is 12.3 Å². The molecular weight excluding hydrogens is 233 g/mol. The molecule has 0 saturated heterocycles. The van der Waals surface area contributed by atoms with Crippen molar-refractivity contribution in [3.05, 3.63) is 23.0 Å². The average Bonchev–Trinajstić information content (AvgIpc) is 1.88. The van der Waals surface area contributed by atoms with Gasteiger partial charge in [0.25, 0.3) is 0 Å². The van der Waals surface area contributed by atoms with E-state index in [9.17, 15) is 4.79 Å². The molecule has 1 rings (SSSR count). The molecule has 0 spiro atoms. The number of carbonyl (C=O) groups is 1. The Labute approximate surface area is 78.8 Å². The van der Waals surface area contributed by atoms with E-state index in [4.69, 9.17) is 16.7 Å². The third-order valence-electron chi connectivity index (χ3n) is 1.04. The molecule has 11 heavy (non-hydrogen) atoms. The fraction of sp³-hybridized carbons (Fsp3) is 0. The van der Waals surface area contributed by atoms with Crippen molar-refractivity contribution in [1.82, 2.24) is 4.98 Å². The third-order valence-corrected chi connectivity index (χ3v) is 1.34. The van der Waals surface area contributed by atoms with Crippen molar-refractivity contribution in [1.29, 1.82) is 0 Å². The first-order valence-electron chi connectivity index (χ1n) is 2.54. The summed E-state index contributed by atoms with van der Waals surface area (Å²) in [6.07, 6.45) is 1.79. The minimum Gasteiger partial charge on any atom is -0.507 e. The van der Waals surface area contributed by atoms with Gasteiger partial charge in [0.1, 0.15) is 10.9 Å². The van der Waals surface area contributed by atoms with Crippen LogP contribution in [-0.4, -0.2) is 16.4 Å². The molecule has 0 unspecified atom stereocenters. The molecule has 3 nitrogen and oxygen atoms in total. The fourth-order valence-electron chi connectivity index (χ4n) is 0.547. The van der Waals surface area contributed by atoms with Gasteiger partial charge in [-0.05, 0) is 6.07 Å². The lowest BCUT2D eigenvalue weighted by atomic mass is 10.3. The zero-order chi connectivity index (χ0) is 7.56. The molecule has 0 amide bonds. The quantitative estimate of drug-likeness (QED) is 0.600. The summed E-state index contributed by atoms with van der Waals surface area (Å²) >= 11 is 5.43. The number of hydrogen-bond acceptors (Lipinski definition) is 3. The van der Waals surface area contributed by atoms with Crippen molar-refractivity contribution in [3.63, 3.8) is 0 Å². The second-order valence-corrected chi connectivity index (χ2v) is 2.01. The summed E-state index contributed by atoms with van der Waals surface area (Å²) in [5.74, 6) is -0.144. The van der Waals surface area contributed by atoms with E-state index >= 15 is 0 Å². The zero-order valence-electron chi connectivity index (χ0n) is 5.32. The topological polar surface area (TPSA) is 50.2 Å². The van der Waals surface area contributed by atoms with Crippen LogP contribution in [-0.2, 0) is 0 Å². The highest BCUT2D eigenvalue weighted by Gasteiger charge is 2.03. The van der Waals surface area contributed by atoms with Gasteiger partial charge in [0, 0.05) is 6.20 Å². The average molecular weight is 238 g/mol. The van der Waals surface area contributed by atoms with E-state index in [0.29, 0.717) is 6.29 Å². The Balaban J connectivity index is 0.000001000. The van der Waals surface area contributed by atoms with Crippen molar-refractivity contribution in [2.75, 3.05) is 0 Å². The lowest BCUT2D eigenvalue weighted by Gasteiger charge is -1.95. The molecule has 0 aliphatic carbocycles. The highest BCUT2D eigenvalue weighted by atomic mass is 79.9. The predicted octanol–water partition coefficient (Wildman–Crippen LogP) is 1.83. The van der Waals surface area contributed by atoms with Crippen LogP contribution < -0.4 is 0 Å². The fourth-order valence-corrected chi connectivity index (χ4v) is 0.745. The van der Waals surface area contributed by atoms with Crippen molar-refractivity contribution < 1.29 is 9.90 Å². The number of aromatic nitrogens is 1. The van der Waals surface area contributed by atoms with Gasteiger partial charge in [0.2, 0.25) is 0 Å². The minimum atomic E-state index is -0.144. The third kappa shape index (κ3) is 2.17. The number of nitrogens with zero attached hydrogens (tertiary/aromatic N) is 1. The smallest absolute Gasteiger partial charge is 0.156 e. The molecule has 1 aromatic heterocycles. The number of hydrogen-bond donors (Lipinski definition) is 1. The van der Waals surface area contributed by atoms with Gasteiger partial charge < -0.3 is 5.11 Å². The van der Waals surface area contributed by atoms with Crippen LogP contribution in [0.5, 0.6) is 5.75 Å². The van der Waals surface area contributed by atoms with Crippen LogP contribution in [0.2, 0.25) is 5.15 Å². The van der Waals surface area contributed by atoms with E-state index in [-0.39, 0.29) is 33.4 Å². The summed E-state index contributed by atoms with van der Waals surface area (Å²) in [6, 6.07) is 1.30. The molecule has 1 aromatic rings. The summed E-state index contributed by atoms with van der Waals surface area (Å²) in [5.41, 5.74) is 0.0316. The van der Waals surface area contributed by atoms with Gasteiger partial charge in [0.15, 0.2) is 6.29 Å². The standard InChI is InChI=1S/C6H4ClNO2.BrH/c7-6-4(3-9)5(10)1-2-8-6;/h1-3H,(H,8,10);1H. The molecular formula is C6H5BrClNO2. The van der Waals surface area contributed by atoms with Gasteiger partial charge in [-0.25, -0.2) is 4.98 Å². The molecule has 0 fully saturated rings. The summed E-state index contributed by atoms with van der Waals surface area (Å²) in [5, 5.41) is 8.96. The highest BCUT2D eigenvalue weighted by molar-refractivity contribution is 8.93. The Morgan fingerprint density at radius 1 is 1.64 bits per heavy atom. The van der Waals surface area contributed by atoms with Crippen molar-refractivity contribution in [2.45, 2.75) is 0 Å². The second kappa shape index (κ2) is 4.31. The zero-order valence-corrected chi connectivity index (χ0v) is 7.79. The van der Waals surface area contributed by atoms with Crippen LogP contribution >= 0.6 is 28.6 Å². The van der Waals surface area contributed by atoms with Gasteiger partial charge in [-0.1, -0.05) is 11.6 Å². The van der Waals surface area contributed by atoms with Crippen LogP contribution in [0.3, 0.4) is 0 Å². The van der Waals surface area contributed by atoms with Crippen LogP contribution in [0.15, 0.2) is 12.3 Å². The maximum absolute atomic E-state index is 10.2. The molecule has 1 N–H and O–H groups in total. The van der Waals surface area contributed by atoms with Gasteiger partial charge in [-0.15, -0.1) is 17.0 Å². The van der Waals surface area contributed by atoms with E-state index in [2.05, 4.69) is 4.98 Å². The van der Waals surface area contributed by atoms with Crippen molar-refractivity contribution in [2.24, 2.45) is 0 Å². The van der Waals surface area contributed by atoms with Crippen molar-refractivity contribution in [3.8, 4) is 5.75 Å². The molecule has 0 aliphatic heterocycles. The normalized spacial score (nSPS) is 8.45. The van der Waals surface area contributed by atoms with Crippen LogP contribution in [0.4, 0.5) is 0 Å². The lowest BCUT2D eigenvalue weighted by Crippen LogP contribution is -1.85. The largest absolute Gasteiger partial charge is 0.507 e. The summed E-state index contributed by atoms with van der Waals surface area (Å²) in [7, 11) is 0. The molecule has 0 radical (unpaired) electrons. The van der Waals surface area contributed by atoms with E-state index in [1.807, 2.05) is 0 Å². The van der Waals surface area contributed by atoms with E-state index in [1.54, 1.807) is 0 Å². The first-order chi connectivity index (χ1) is 4.75. The highest BCUT2D eigenvalue weighted by Crippen LogP contribution is 2.19. The number of rotatable bonds is 1. The van der Waals surface area contributed by atoms with Crippen LogP contribution in [0.25, 0.3) is 0 Å². The Morgan fingerprint density at radius 3 is 2.64 bits per heavy atom. The molecule has 60 valence electrons. The summed E-state index contributed by atoms with van der Waals surface area (Å²) in [6.45, 7) is 0. The molecule has 1 heterocycles.